The maximum atomic E-state index is 12.5. The summed E-state index contributed by atoms with van der Waals surface area (Å²) in [5, 5.41) is 20.8. The number of allylic oxidation sites excluding steroid dienone is 1. The van der Waals surface area contributed by atoms with Crippen LogP contribution in [0.3, 0.4) is 0 Å². The summed E-state index contributed by atoms with van der Waals surface area (Å²) in [4.78, 5) is 24.3. The number of aryl methyl sites for hydroxylation is 1. The number of hydrogen-bond donors (Lipinski definition) is 2. The molecule has 0 saturated heterocycles. The van der Waals surface area contributed by atoms with Gasteiger partial charge in [0.05, 0.1) is 6.10 Å². The largest absolute Gasteiger partial charge is 0.507 e. The molecule has 1 aliphatic rings. The molecule has 0 spiro atoms. The minimum absolute atomic E-state index is 0.0426. The number of aliphatic hydroxyl groups excluding tert-OH is 1. The molecular weight excluding hydrogens is 336 g/mol. The molecule has 1 aliphatic heterocycles. The third-order valence-electron chi connectivity index (χ3n) is 4.65. The van der Waals surface area contributed by atoms with E-state index in [0.717, 1.165) is 0 Å². The van der Waals surface area contributed by atoms with Crippen LogP contribution in [0.1, 0.15) is 42.5 Å². The first-order valence-corrected chi connectivity index (χ1v) is 8.57. The molecule has 138 valence electrons. The molecule has 2 atom stereocenters. The molecule has 1 aromatic heterocycles. The first kappa shape index (κ1) is 18.2. The molecule has 3 rings (SSSR count). The fourth-order valence-corrected chi connectivity index (χ4v) is 3.36. The van der Waals surface area contributed by atoms with Gasteiger partial charge in [0, 0.05) is 23.4 Å². The Bertz CT molecular complexity index is 980. The van der Waals surface area contributed by atoms with Gasteiger partial charge < -0.3 is 19.4 Å². The van der Waals surface area contributed by atoms with Crippen LogP contribution in [0.15, 0.2) is 21.4 Å². The van der Waals surface area contributed by atoms with Crippen LogP contribution >= 0.6 is 0 Å². The zero-order valence-corrected chi connectivity index (χ0v) is 15.3. The quantitative estimate of drug-likeness (QED) is 0.819. The Labute approximate surface area is 150 Å². The summed E-state index contributed by atoms with van der Waals surface area (Å²) >= 11 is 0. The second kappa shape index (κ2) is 6.61. The van der Waals surface area contributed by atoms with Crippen LogP contribution in [0, 0.1) is 13.8 Å². The van der Waals surface area contributed by atoms with Crippen LogP contribution in [-0.2, 0) is 16.0 Å². The third kappa shape index (κ3) is 3.12. The smallest absolute Gasteiger partial charge is 0.347 e. The van der Waals surface area contributed by atoms with Crippen molar-refractivity contribution in [1.82, 2.24) is 0 Å². The lowest BCUT2D eigenvalue weighted by Gasteiger charge is -2.21. The number of rotatable bonds is 3. The van der Waals surface area contributed by atoms with Gasteiger partial charge in [0.1, 0.15) is 28.8 Å². The minimum atomic E-state index is -0.639. The molecule has 2 unspecified atom stereocenters. The molecule has 0 radical (unpaired) electrons. The Kier molecular flexibility index (Phi) is 4.63. The van der Waals surface area contributed by atoms with E-state index in [2.05, 4.69) is 0 Å². The standard InChI is InChI=1S/C20H22O6/c1-9(21)5-14-11(3)18(23)12(4)19-15(14)8-16(20(24)26-19)17-7-13(22)6-10(2)25-17/h7-10,21,23H,5-6H2,1-4H3. The van der Waals surface area contributed by atoms with Crippen LogP contribution in [0.4, 0.5) is 0 Å². The van der Waals surface area contributed by atoms with Crippen LogP contribution in [0.2, 0.25) is 0 Å². The number of phenols is 1. The predicted molar refractivity (Wildman–Crippen MR) is 97.2 cm³/mol. The number of hydrogen-bond acceptors (Lipinski definition) is 6. The third-order valence-corrected chi connectivity index (χ3v) is 4.65. The molecule has 0 amide bonds. The van der Waals surface area contributed by atoms with Crippen LogP contribution in [-0.4, -0.2) is 28.2 Å². The summed E-state index contributed by atoms with van der Waals surface area (Å²) in [6.45, 7) is 6.84. The fraction of sp³-hybridized carbons (Fsp3) is 0.400. The van der Waals surface area contributed by atoms with Crippen molar-refractivity contribution in [3.8, 4) is 5.75 Å². The number of benzene rings is 1. The first-order chi connectivity index (χ1) is 12.2. The summed E-state index contributed by atoms with van der Waals surface area (Å²) in [6, 6.07) is 1.62. The fourth-order valence-electron chi connectivity index (χ4n) is 3.36. The van der Waals surface area contributed by atoms with Gasteiger partial charge in [-0.3, -0.25) is 4.79 Å². The molecule has 6 nitrogen and oxygen atoms in total. The Morgan fingerprint density at radius 1 is 1.27 bits per heavy atom. The highest BCUT2D eigenvalue weighted by Crippen LogP contribution is 2.36. The van der Waals surface area contributed by atoms with E-state index in [9.17, 15) is 19.8 Å². The van der Waals surface area contributed by atoms with Gasteiger partial charge in [-0.25, -0.2) is 4.79 Å². The molecule has 2 aromatic rings. The van der Waals surface area contributed by atoms with E-state index in [1.54, 1.807) is 33.8 Å². The van der Waals surface area contributed by atoms with E-state index in [4.69, 9.17) is 9.15 Å². The summed E-state index contributed by atoms with van der Waals surface area (Å²) in [5.74, 6) is 0.122. The Hall–Kier alpha value is -2.60. The highest BCUT2D eigenvalue weighted by molar-refractivity contribution is 5.98. The maximum absolute atomic E-state index is 12.5. The normalized spacial score (nSPS) is 18.6. The molecule has 2 heterocycles. The second-order valence-electron chi connectivity index (χ2n) is 6.93. The van der Waals surface area contributed by atoms with Gasteiger partial charge in [0.2, 0.25) is 0 Å². The van der Waals surface area contributed by atoms with Crippen molar-refractivity contribution in [2.75, 3.05) is 0 Å². The van der Waals surface area contributed by atoms with Crippen molar-refractivity contribution < 1.29 is 24.2 Å². The number of ether oxygens (including phenoxy) is 1. The van der Waals surface area contributed by atoms with Crippen molar-refractivity contribution in [1.29, 1.82) is 0 Å². The molecule has 1 aromatic carbocycles. The SMILES string of the molecule is Cc1c(O)c(C)c2oc(=O)c(C3=CC(=O)CC(C)O3)cc2c1CC(C)O. The lowest BCUT2D eigenvalue weighted by atomic mass is 9.93. The molecule has 0 aliphatic carbocycles. The van der Waals surface area contributed by atoms with Crippen molar-refractivity contribution in [3.63, 3.8) is 0 Å². The van der Waals surface area contributed by atoms with Gasteiger partial charge >= 0.3 is 5.63 Å². The molecule has 2 N–H and O–H groups in total. The van der Waals surface area contributed by atoms with Gasteiger partial charge in [-0.15, -0.1) is 0 Å². The zero-order chi connectivity index (χ0) is 19.2. The highest BCUT2D eigenvalue weighted by Gasteiger charge is 2.24. The highest BCUT2D eigenvalue weighted by atomic mass is 16.5. The average Bonchev–Trinajstić information content (AvgIpc) is 2.55. The van der Waals surface area contributed by atoms with Gasteiger partial charge in [0.15, 0.2) is 5.78 Å². The van der Waals surface area contributed by atoms with Gasteiger partial charge in [-0.2, -0.15) is 0 Å². The summed E-state index contributed by atoms with van der Waals surface area (Å²) in [7, 11) is 0. The summed E-state index contributed by atoms with van der Waals surface area (Å²) < 4.78 is 11.1. The van der Waals surface area contributed by atoms with E-state index in [1.165, 1.54) is 6.08 Å². The summed E-state index contributed by atoms with van der Waals surface area (Å²) in [5.41, 5.74) is 1.57. The molecule has 26 heavy (non-hydrogen) atoms. The van der Waals surface area contributed by atoms with Crippen molar-refractivity contribution >= 4 is 22.5 Å². The van der Waals surface area contributed by atoms with E-state index in [-0.39, 0.29) is 41.0 Å². The number of aliphatic hydroxyl groups is 1. The molecule has 6 heteroatoms. The molecule has 0 fully saturated rings. The number of carbonyl (C=O) groups excluding carboxylic acids is 1. The first-order valence-electron chi connectivity index (χ1n) is 8.57. The Morgan fingerprint density at radius 3 is 2.58 bits per heavy atom. The van der Waals surface area contributed by atoms with Crippen LogP contribution in [0.5, 0.6) is 5.75 Å². The molecule has 0 bridgehead atoms. The topological polar surface area (TPSA) is 97.0 Å². The van der Waals surface area contributed by atoms with E-state index >= 15 is 0 Å². The van der Waals surface area contributed by atoms with Gasteiger partial charge in [0.25, 0.3) is 0 Å². The number of phenolic OH excluding ortho intramolecular Hbond substituents is 1. The number of ketones is 1. The zero-order valence-electron chi connectivity index (χ0n) is 15.3. The van der Waals surface area contributed by atoms with E-state index < -0.39 is 11.7 Å². The number of aromatic hydroxyl groups is 1. The van der Waals surface area contributed by atoms with Gasteiger partial charge in [-0.05, 0) is 51.3 Å². The Morgan fingerprint density at radius 2 is 1.96 bits per heavy atom. The van der Waals surface area contributed by atoms with Crippen LogP contribution in [0.25, 0.3) is 16.7 Å². The predicted octanol–water partition coefficient (Wildman–Crippen LogP) is 2.76. The minimum Gasteiger partial charge on any atom is -0.507 e. The van der Waals surface area contributed by atoms with Crippen molar-refractivity contribution in [3.05, 3.63) is 44.8 Å². The lowest BCUT2D eigenvalue weighted by Crippen LogP contribution is -2.21. The van der Waals surface area contributed by atoms with Crippen molar-refractivity contribution in [2.24, 2.45) is 0 Å². The van der Waals surface area contributed by atoms with E-state index in [0.29, 0.717) is 28.5 Å². The van der Waals surface area contributed by atoms with E-state index in [1.807, 2.05) is 0 Å². The van der Waals surface area contributed by atoms with Crippen LogP contribution < -0.4 is 5.63 Å². The second-order valence-corrected chi connectivity index (χ2v) is 6.93. The Balaban J connectivity index is 2.31. The average molecular weight is 358 g/mol. The molecule has 0 saturated carbocycles. The summed E-state index contributed by atoms with van der Waals surface area (Å²) in [6.07, 6.45) is 0.909. The lowest BCUT2D eigenvalue weighted by molar-refractivity contribution is -0.117. The van der Waals surface area contributed by atoms with Gasteiger partial charge in [-0.1, -0.05) is 0 Å². The maximum Gasteiger partial charge on any atom is 0.347 e. The number of fused-ring (bicyclic) bond motifs is 1. The number of carbonyl (C=O) groups is 1. The molecular formula is C20H22O6. The van der Waals surface area contributed by atoms with Crippen molar-refractivity contribution in [2.45, 2.75) is 52.7 Å². The monoisotopic (exact) mass is 358 g/mol.